The summed E-state index contributed by atoms with van der Waals surface area (Å²) in [4.78, 5) is 2.49. The van der Waals surface area contributed by atoms with E-state index < -0.39 is 0 Å². The van der Waals surface area contributed by atoms with E-state index in [1.54, 1.807) is 0 Å². The van der Waals surface area contributed by atoms with Crippen molar-refractivity contribution < 1.29 is 9.47 Å². The van der Waals surface area contributed by atoms with Crippen LogP contribution in [0.2, 0.25) is 0 Å². The molecule has 1 N–H and O–H groups in total. The number of ether oxygens (including phenoxy) is 2. The number of nitrogens with zero attached hydrogens (tertiary/aromatic N) is 1. The molecule has 1 aliphatic rings. The van der Waals surface area contributed by atoms with Crippen LogP contribution in [-0.4, -0.2) is 50.4 Å². The molecule has 0 aromatic heterocycles. The van der Waals surface area contributed by atoms with Crippen molar-refractivity contribution in [2.75, 3.05) is 33.3 Å². The van der Waals surface area contributed by atoms with Gasteiger partial charge >= 0.3 is 0 Å². The van der Waals surface area contributed by atoms with E-state index in [0.29, 0.717) is 0 Å². The number of rotatable bonds is 6. The molecule has 1 saturated heterocycles. The highest BCUT2D eigenvalue weighted by molar-refractivity contribution is 5.31. The van der Waals surface area contributed by atoms with Gasteiger partial charge in [-0.1, -0.05) is 19.1 Å². The largest absolute Gasteiger partial charge is 0.491 e. The van der Waals surface area contributed by atoms with Gasteiger partial charge in [-0.2, -0.15) is 0 Å². The molecule has 0 spiro atoms. The maximum Gasteiger partial charge on any atom is 0.120 e. The lowest BCUT2D eigenvalue weighted by atomic mass is 9.97. The van der Waals surface area contributed by atoms with Crippen LogP contribution in [0.1, 0.15) is 32.4 Å². The summed E-state index contributed by atoms with van der Waals surface area (Å²) in [6.07, 6.45) is 0.372. The lowest BCUT2D eigenvalue weighted by Crippen LogP contribution is -2.48. The molecule has 0 bridgehead atoms. The van der Waals surface area contributed by atoms with E-state index in [9.17, 15) is 0 Å². The van der Waals surface area contributed by atoms with Gasteiger partial charge < -0.3 is 14.8 Å². The maximum atomic E-state index is 5.99. The van der Waals surface area contributed by atoms with E-state index in [2.05, 4.69) is 49.2 Å². The molecule has 1 aliphatic heterocycles. The standard InChI is InChI=1S/C17H28N2O2/c1-5-19-9-10-20-16(12-18-4)17(19)14-7-6-8-15(11-14)21-13(2)3/h6-8,11,13,16-18H,5,9-10,12H2,1-4H3. The Labute approximate surface area is 128 Å². The Morgan fingerprint density at radius 2 is 2.24 bits per heavy atom. The van der Waals surface area contributed by atoms with Gasteiger partial charge in [-0.3, -0.25) is 4.90 Å². The molecule has 0 amide bonds. The van der Waals surface area contributed by atoms with Gasteiger partial charge in [0.2, 0.25) is 0 Å². The molecule has 4 nitrogen and oxygen atoms in total. The number of likely N-dealkylation sites (N-methyl/N-ethyl adjacent to an activating group) is 2. The molecular weight excluding hydrogens is 264 g/mol. The summed E-state index contributed by atoms with van der Waals surface area (Å²) in [7, 11) is 1.98. The summed E-state index contributed by atoms with van der Waals surface area (Å²) in [6.45, 7) is 10.00. The average Bonchev–Trinajstić information content (AvgIpc) is 2.47. The smallest absolute Gasteiger partial charge is 0.120 e. The second kappa shape index (κ2) is 7.78. The first kappa shape index (κ1) is 16.3. The molecule has 21 heavy (non-hydrogen) atoms. The minimum atomic E-state index is 0.179. The minimum Gasteiger partial charge on any atom is -0.491 e. The van der Waals surface area contributed by atoms with Crippen LogP contribution in [0.25, 0.3) is 0 Å². The van der Waals surface area contributed by atoms with Crippen molar-refractivity contribution in [2.45, 2.75) is 39.0 Å². The van der Waals surface area contributed by atoms with Crippen molar-refractivity contribution in [1.29, 1.82) is 0 Å². The van der Waals surface area contributed by atoms with Gasteiger partial charge in [-0.05, 0) is 45.1 Å². The zero-order valence-corrected chi connectivity index (χ0v) is 13.6. The van der Waals surface area contributed by atoms with Crippen LogP contribution in [0.3, 0.4) is 0 Å². The predicted octanol–water partition coefficient (Wildman–Crippen LogP) is 2.46. The fourth-order valence-corrected chi connectivity index (χ4v) is 2.98. The van der Waals surface area contributed by atoms with E-state index in [1.165, 1.54) is 5.56 Å². The Bertz CT molecular complexity index is 435. The number of hydrogen-bond donors (Lipinski definition) is 1. The monoisotopic (exact) mass is 292 g/mol. The highest BCUT2D eigenvalue weighted by Gasteiger charge is 2.32. The van der Waals surface area contributed by atoms with Crippen LogP contribution in [0, 0.1) is 0 Å². The molecule has 2 unspecified atom stereocenters. The molecule has 4 heteroatoms. The first-order chi connectivity index (χ1) is 10.2. The Morgan fingerprint density at radius 1 is 1.43 bits per heavy atom. The fraction of sp³-hybridized carbons (Fsp3) is 0.647. The highest BCUT2D eigenvalue weighted by Crippen LogP contribution is 2.31. The van der Waals surface area contributed by atoms with Crippen LogP contribution in [0.4, 0.5) is 0 Å². The Kier molecular flexibility index (Phi) is 6.03. The molecule has 1 heterocycles. The van der Waals surface area contributed by atoms with E-state index in [-0.39, 0.29) is 18.2 Å². The van der Waals surface area contributed by atoms with Crippen molar-refractivity contribution in [3.63, 3.8) is 0 Å². The summed E-state index contributed by atoms with van der Waals surface area (Å²) in [5.74, 6) is 0.937. The first-order valence-corrected chi connectivity index (χ1v) is 7.92. The van der Waals surface area contributed by atoms with Crippen LogP contribution in [0.5, 0.6) is 5.75 Å². The summed E-state index contributed by atoms with van der Waals surface area (Å²) in [5.41, 5.74) is 1.27. The van der Waals surface area contributed by atoms with Gasteiger partial charge in [0.15, 0.2) is 0 Å². The van der Waals surface area contributed by atoms with E-state index >= 15 is 0 Å². The van der Waals surface area contributed by atoms with Crippen LogP contribution in [0.15, 0.2) is 24.3 Å². The van der Waals surface area contributed by atoms with Crippen molar-refractivity contribution in [1.82, 2.24) is 10.2 Å². The van der Waals surface area contributed by atoms with Gasteiger partial charge in [0, 0.05) is 13.1 Å². The lowest BCUT2D eigenvalue weighted by molar-refractivity contribution is -0.0687. The van der Waals surface area contributed by atoms with E-state index in [4.69, 9.17) is 9.47 Å². The zero-order valence-electron chi connectivity index (χ0n) is 13.6. The summed E-state index contributed by atoms with van der Waals surface area (Å²) < 4.78 is 11.8. The minimum absolute atomic E-state index is 0.179. The van der Waals surface area contributed by atoms with Crippen molar-refractivity contribution in [2.24, 2.45) is 0 Å². The van der Waals surface area contributed by atoms with E-state index in [0.717, 1.165) is 32.0 Å². The third-order valence-corrected chi connectivity index (χ3v) is 3.84. The van der Waals surface area contributed by atoms with Crippen molar-refractivity contribution in [3.8, 4) is 5.75 Å². The molecule has 1 fully saturated rings. The van der Waals surface area contributed by atoms with E-state index in [1.807, 2.05) is 13.1 Å². The summed E-state index contributed by atoms with van der Waals surface area (Å²) in [6, 6.07) is 8.72. The third-order valence-electron chi connectivity index (χ3n) is 3.84. The number of nitrogens with one attached hydrogen (secondary N) is 1. The number of hydrogen-bond acceptors (Lipinski definition) is 4. The summed E-state index contributed by atoms with van der Waals surface area (Å²) >= 11 is 0. The number of morpholine rings is 1. The first-order valence-electron chi connectivity index (χ1n) is 7.92. The molecule has 118 valence electrons. The molecule has 2 atom stereocenters. The quantitative estimate of drug-likeness (QED) is 0.873. The van der Waals surface area contributed by atoms with Crippen LogP contribution in [-0.2, 0) is 4.74 Å². The van der Waals surface area contributed by atoms with Crippen molar-refractivity contribution in [3.05, 3.63) is 29.8 Å². The normalized spacial score (nSPS) is 23.5. The Balaban J connectivity index is 2.25. The summed E-state index contributed by atoms with van der Waals surface area (Å²) in [5, 5.41) is 3.25. The zero-order chi connectivity index (χ0) is 15.2. The molecular formula is C17H28N2O2. The Morgan fingerprint density at radius 3 is 2.90 bits per heavy atom. The molecule has 0 saturated carbocycles. The van der Waals surface area contributed by atoms with Gasteiger partial charge in [-0.25, -0.2) is 0 Å². The Hall–Kier alpha value is -1.10. The highest BCUT2D eigenvalue weighted by atomic mass is 16.5. The molecule has 0 radical (unpaired) electrons. The van der Waals surface area contributed by atoms with Crippen LogP contribution < -0.4 is 10.1 Å². The van der Waals surface area contributed by atoms with Gasteiger partial charge in [-0.15, -0.1) is 0 Å². The van der Waals surface area contributed by atoms with Gasteiger partial charge in [0.25, 0.3) is 0 Å². The van der Waals surface area contributed by atoms with Crippen LogP contribution >= 0.6 is 0 Å². The maximum absolute atomic E-state index is 5.99. The average molecular weight is 292 g/mol. The molecule has 0 aliphatic carbocycles. The fourth-order valence-electron chi connectivity index (χ4n) is 2.98. The second-order valence-corrected chi connectivity index (χ2v) is 5.78. The van der Waals surface area contributed by atoms with Gasteiger partial charge in [0.1, 0.15) is 5.75 Å². The van der Waals surface area contributed by atoms with Crippen molar-refractivity contribution >= 4 is 0 Å². The molecule has 2 rings (SSSR count). The topological polar surface area (TPSA) is 33.7 Å². The third kappa shape index (κ3) is 4.19. The SMILES string of the molecule is CCN1CCOC(CNC)C1c1cccc(OC(C)C)c1. The molecule has 1 aromatic rings. The number of benzene rings is 1. The molecule has 1 aromatic carbocycles. The van der Waals surface area contributed by atoms with Gasteiger partial charge in [0.05, 0.1) is 24.9 Å². The second-order valence-electron chi connectivity index (χ2n) is 5.78. The lowest BCUT2D eigenvalue weighted by Gasteiger charge is -2.41. The predicted molar refractivity (Wildman–Crippen MR) is 85.9 cm³/mol.